The summed E-state index contributed by atoms with van der Waals surface area (Å²) in [6.07, 6.45) is 0. The summed E-state index contributed by atoms with van der Waals surface area (Å²) in [5, 5.41) is 12.4. The Hall–Kier alpha value is -1.11. The van der Waals surface area contributed by atoms with Gasteiger partial charge in [-0.1, -0.05) is 17.7 Å². The molecular formula is C12H12BrClN2O3. The highest BCUT2D eigenvalue weighted by molar-refractivity contribution is 9.10. The average molecular weight is 348 g/mol. The number of carbonyl (C=O) groups is 2. The number of carboxylic acids is 1. The molecule has 0 aromatic heterocycles. The Bertz CT molecular complexity index is 524. The van der Waals surface area contributed by atoms with Crippen LogP contribution in [0, 0.1) is 0 Å². The molecule has 1 aromatic rings. The van der Waals surface area contributed by atoms with Crippen molar-refractivity contribution in [3.63, 3.8) is 0 Å². The van der Waals surface area contributed by atoms with Gasteiger partial charge in [-0.2, -0.15) is 0 Å². The fourth-order valence-corrected chi connectivity index (χ4v) is 2.56. The molecule has 1 unspecified atom stereocenters. The van der Waals surface area contributed by atoms with Crippen molar-refractivity contribution in [1.29, 1.82) is 0 Å². The maximum atomic E-state index is 12.4. The molecule has 1 aliphatic heterocycles. The van der Waals surface area contributed by atoms with Gasteiger partial charge in [0.05, 0.1) is 10.6 Å². The van der Waals surface area contributed by atoms with Gasteiger partial charge < -0.3 is 15.3 Å². The van der Waals surface area contributed by atoms with E-state index in [0.29, 0.717) is 28.1 Å². The molecule has 1 aromatic carbocycles. The SMILES string of the molecule is O=C(O)C1CNCCN1C(=O)c1cccc(Br)c1Cl. The van der Waals surface area contributed by atoms with E-state index in [1.807, 2.05) is 0 Å². The Morgan fingerprint density at radius 3 is 2.89 bits per heavy atom. The van der Waals surface area contributed by atoms with E-state index in [1.165, 1.54) is 4.90 Å². The van der Waals surface area contributed by atoms with Crippen molar-refractivity contribution in [2.24, 2.45) is 0 Å². The molecule has 0 saturated carbocycles. The molecule has 19 heavy (non-hydrogen) atoms. The van der Waals surface area contributed by atoms with Crippen LogP contribution in [0.15, 0.2) is 22.7 Å². The van der Waals surface area contributed by atoms with E-state index in [1.54, 1.807) is 18.2 Å². The van der Waals surface area contributed by atoms with Crippen LogP contribution in [0.3, 0.4) is 0 Å². The Kier molecular flexibility index (Phi) is 4.44. The number of nitrogens with zero attached hydrogens (tertiary/aromatic N) is 1. The van der Waals surface area contributed by atoms with Crippen LogP contribution in [-0.4, -0.2) is 47.6 Å². The van der Waals surface area contributed by atoms with Gasteiger partial charge in [-0.25, -0.2) is 4.79 Å². The quantitative estimate of drug-likeness (QED) is 0.852. The largest absolute Gasteiger partial charge is 0.480 e. The molecule has 2 rings (SSSR count). The lowest BCUT2D eigenvalue weighted by Gasteiger charge is -2.33. The van der Waals surface area contributed by atoms with E-state index in [9.17, 15) is 9.59 Å². The first-order chi connectivity index (χ1) is 9.02. The minimum Gasteiger partial charge on any atom is -0.480 e. The highest BCUT2D eigenvalue weighted by Crippen LogP contribution is 2.27. The number of hydrogen-bond donors (Lipinski definition) is 2. The molecule has 0 spiro atoms. The lowest BCUT2D eigenvalue weighted by Crippen LogP contribution is -2.57. The molecule has 0 aliphatic carbocycles. The van der Waals surface area contributed by atoms with E-state index >= 15 is 0 Å². The number of piperazine rings is 1. The molecule has 1 atom stereocenters. The number of amides is 1. The third-order valence-electron chi connectivity index (χ3n) is 2.97. The zero-order chi connectivity index (χ0) is 14.0. The van der Waals surface area contributed by atoms with Gasteiger partial charge in [-0.3, -0.25) is 4.79 Å². The normalized spacial score (nSPS) is 19.3. The first kappa shape index (κ1) is 14.3. The molecule has 1 amide bonds. The highest BCUT2D eigenvalue weighted by Gasteiger charge is 2.33. The minimum atomic E-state index is -1.02. The average Bonchev–Trinajstić information content (AvgIpc) is 2.41. The van der Waals surface area contributed by atoms with Crippen molar-refractivity contribution in [2.75, 3.05) is 19.6 Å². The van der Waals surface area contributed by atoms with Crippen molar-refractivity contribution in [1.82, 2.24) is 10.2 Å². The molecule has 1 heterocycles. The third-order valence-corrected chi connectivity index (χ3v) is 4.27. The van der Waals surface area contributed by atoms with Gasteiger partial charge in [0.1, 0.15) is 6.04 Å². The van der Waals surface area contributed by atoms with Gasteiger partial charge >= 0.3 is 5.97 Å². The van der Waals surface area contributed by atoms with Gasteiger partial charge in [0.2, 0.25) is 0 Å². The summed E-state index contributed by atoms with van der Waals surface area (Å²) < 4.78 is 0.613. The summed E-state index contributed by atoms with van der Waals surface area (Å²) in [7, 11) is 0. The number of carbonyl (C=O) groups excluding carboxylic acids is 1. The summed E-state index contributed by atoms with van der Waals surface area (Å²) in [6.45, 7) is 1.16. The van der Waals surface area contributed by atoms with Crippen LogP contribution in [0.2, 0.25) is 5.02 Å². The Morgan fingerprint density at radius 1 is 1.47 bits per heavy atom. The summed E-state index contributed by atoms with van der Waals surface area (Å²) >= 11 is 9.33. The Labute approximate surface area is 123 Å². The molecule has 2 N–H and O–H groups in total. The molecule has 1 aliphatic rings. The molecule has 0 bridgehead atoms. The number of hydrogen-bond acceptors (Lipinski definition) is 3. The second kappa shape index (κ2) is 5.90. The van der Waals surface area contributed by atoms with Crippen LogP contribution >= 0.6 is 27.5 Å². The number of aliphatic carboxylic acids is 1. The van der Waals surface area contributed by atoms with Crippen LogP contribution in [-0.2, 0) is 4.79 Å². The lowest BCUT2D eigenvalue weighted by molar-refractivity contribution is -0.142. The molecular weight excluding hydrogens is 336 g/mol. The first-order valence-electron chi connectivity index (χ1n) is 5.71. The van der Waals surface area contributed by atoms with E-state index in [0.717, 1.165) is 0 Å². The lowest BCUT2D eigenvalue weighted by atomic mass is 10.1. The molecule has 1 saturated heterocycles. The molecule has 102 valence electrons. The number of nitrogens with one attached hydrogen (secondary N) is 1. The van der Waals surface area contributed by atoms with Crippen molar-refractivity contribution in [3.05, 3.63) is 33.3 Å². The Balaban J connectivity index is 2.31. The predicted molar refractivity (Wildman–Crippen MR) is 74.5 cm³/mol. The topological polar surface area (TPSA) is 69.6 Å². The van der Waals surface area contributed by atoms with Crippen molar-refractivity contribution in [3.8, 4) is 0 Å². The van der Waals surface area contributed by atoms with E-state index in [-0.39, 0.29) is 12.5 Å². The van der Waals surface area contributed by atoms with Gasteiger partial charge in [-0.15, -0.1) is 0 Å². The van der Waals surface area contributed by atoms with E-state index in [2.05, 4.69) is 21.2 Å². The second-order valence-electron chi connectivity index (χ2n) is 4.16. The van der Waals surface area contributed by atoms with Crippen LogP contribution in [0.1, 0.15) is 10.4 Å². The number of rotatable bonds is 2. The monoisotopic (exact) mass is 346 g/mol. The van der Waals surface area contributed by atoms with Gasteiger partial charge in [-0.05, 0) is 28.1 Å². The summed E-state index contributed by atoms with van der Waals surface area (Å²) in [4.78, 5) is 24.9. The maximum absolute atomic E-state index is 12.4. The smallest absolute Gasteiger partial charge is 0.327 e. The standard InChI is InChI=1S/C12H12BrClN2O3/c13-8-3-1-2-7(10(8)14)11(17)16-5-4-15-6-9(16)12(18)19/h1-3,9,15H,4-6H2,(H,18,19). The summed E-state index contributed by atoms with van der Waals surface area (Å²) in [5.74, 6) is -1.38. The van der Waals surface area contributed by atoms with Crippen LogP contribution < -0.4 is 5.32 Å². The van der Waals surface area contributed by atoms with Crippen molar-refractivity contribution < 1.29 is 14.7 Å². The third kappa shape index (κ3) is 2.91. The summed E-state index contributed by atoms with van der Waals surface area (Å²) in [5.41, 5.74) is 0.309. The second-order valence-corrected chi connectivity index (χ2v) is 5.39. The van der Waals surface area contributed by atoms with E-state index in [4.69, 9.17) is 16.7 Å². The van der Waals surface area contributed by atoms with Crippen molar-refractivity contribution in [2.45, 2.75) is 6.04 Å². The first-order valence-corrected chi connectivity index (χ1v) is 6.88. The Morgan fingerprint density at radius 2 is 2.21 bits per heavy atom. The van der Waals surface area contributed by atoms with Gasteiger partial charge in [0, 0.05) is 24.1 Å². The van der Waals surface area contributed by atoms with Crippen LogP contribution in [0.4, 0.5) is 0 Å². The molecule has 0 radical (unpaired) electrons. The molecule has 1 fully saturated rings. The van der Waals surface area contributed by atoms with Crippen LogP contribution in [0.25, 0.3) is 0 Å². The van der Waals surface area contributed by atoms with Crippen molar-refractivity contribution >= 4 is 39.4 Å². The predicted octanol–water partition coefficient (Wildman–Crippen LogP) is 1.60. The van der Waals surface area contributed by atoms with Gasteiger partial charge in [0.15, 0.2) is 0 Å². The zero-order valence-electron chi connectivity index (χ0n) is 9.90. The highest BCUT2D eigenvalue weighted by atomic mass is 79.9. The van der Waals surface area contributed by atoms with E-state index < -0.39 is 12.0 Å². The fraction of sp³-hybridized carbons (Fsp3) is 0.333. The number of carboxylic acid groups (broad SMARTS) is 1. The number of halogens is 2. The van der Waals surface area contributed by atoms with Crippen LogP contribution in [0.5, 0.6) is 0 Å². The molecule has 5 nitrogen and oxygen atoms in total. The minimum absolute atomic E-state index is 0.243. The maximum Gasteiger partial charge on any atom is 0.327 e. The zero-order valence-corrected chi connectivity index (χ0v) is 12.2. The van der Waals surface area contributed by atoms with Gasteiger partial charge in [0.25, 0.3) is 5.91 Å². The summed E-state index contributed by atoms with van der Waals surface area (Å²) in [6, 6.07) is 4.15. The fourth-order valence-electron chi connectivity index (χ4n) is 1.99. The number of benzene rings is 1. The molecule has 7 heteroatoms.